The predicted molar refractivity (Wildman–Crippen MR) is 121 cm³/mol. The minimum atomic E-state index is -0.710. The lowest BCUT2D eigenvalue weighted by Crippen LogP contribution is -2.37. The van der Waals surface area contributed by atoms with Crippen LogP contribution in [-0.2, 0) is 4.74 Å². The van der Waals surface area contributed by atoms with E-state index in [2.05, 4.69) is 4.90 Å². The van der Waals surface area contributed by atoms with Gasteiger partial charge in [-0.2, -0.15) is 0 Å². The highest BCUT2D eigenvalue weighted by molar-refractivity contribution is 5.99. The fourth-order valence-electron chi connectivity index (χ4n) is 4.28. The van der Waals surface area contributed by atoms with E-state index in [0.717, 1.165) is 19.2 Å². The SMILES string of the molecule is CCN(CC)CCN1C(=O)c2oc3ccc(F)cc3c(=O)c2[C@@H]1c1ccc(C(=O)OC)cc1. The molecule has 7 nitrogen and oxygen atoms in total. The Morgan fingerprint density at radius 1 is 1.12 bits per heavy atom. The Hall–Kier alpha value is -3.52. The molecule has 8 heteroatoms. The molecule has 1 atom stereocenters. The topological polar surface area (TPSA) is 80.1 Å². The van der Waals surface area contributed by atoms with Gasteiger partial charge in [0.05, 0.1) is 29.7 Å². The van der Waals surface area contributed by atoms with Crippen molar-refractivity contribution < 1.29 is 23.1 Å². The molecule has 0 N–H and O–H groups in total. The molecule has 172 valence electrons. The zero-order valence-electron chi connectivity index (χ0n) is 18.8. The monoisotopic (exact) mass is 452 g/mol. The largest absolute Gasteiger partial charge is 0.465 e. The molecule has 4 rings (SSSR count). The van der Waals surface area contributed by atoms with Crippen LogP contribution in [-0.4, -0.2) is 55.0 Å². The number of hydrogen-bond donors (Lipinski definition) is 0. The molecule has 0 radical (unpaired) electrons. The van der Waals surface area contributed by atoms with Crippen molar-refractivity contribution in [2.45, 2.75) is 19.9 Å². The summed E-state index contributed by atoms with van der Waals surface area (Å²) in [6.45, 7) is 6.72. The quantitative estimate of drug-likeness (QED) is 0.510. The van der Waals surface area contributed by atoms with Gasteiger partial charge in [-0.25, -0.2) is 9.18 Å². The van der Waals surface area contributed by atoms with Gasteiger partial charge in [-0.15, -0.1) is 0 Å². The van der Waals surface area contributed by atoms with Crippen LogP contribution in [0, 0.1) is 5.82 Å². The number of benzene rings is 2. The third kappa shape index (κ3) is 4.02. The average molecular weight is 452 g/mol. The molecule has 3 aromatic rings. The predicted octanol–water partition coefficient (Wildman–Crippen LogP) is 3.61. The third-order valence-electron chi connectivity index (χ3n) is 6.13. The maximum atomic E-state index is 13.9. The molecule has 1 aliphatic heterocycles. The van der Waals surface area contributed by atoms with E-state index in [1.165, 1.54) is 19.2 Å². The maximum Gasteiger partial charge on any atom is 0.337 e. The maximum absolute atomic E-state index is 13.9. The number of methoxy groups -OCH3 is 1. The number of halogens is 1. The second kappa shape index (κ2) is 9.15. The minimum absolute atomic E-state index is 0.0271. The summed E-state index contributed by atoms with van der Waals surface area (Å²) in [6.07, 6.45) is 0. The van der Waals surface area contributed by atoms with Crippen LogP contribution in [0.4, 0.5) is 4.39 Å². The number of ether oxygens (including phenoxy) is 1. The summed E-state index contributed by atoms with van der Waals surface area (Å²) in [5.41, 5.74) is 0.916. The molecule has 2 aromatic carbocycles. The number of likely N-dealkylation sites (N-methyl/N-ethyl adjacent to an activating group) is 1. The first-order chi connectivity index (χ1) is 15.9. The van der Waals surface area contributed by atoms with Gasteiger partial charge in [-0.3, -0.25) is 9.59 Å². The number of nitrogens with zero attached hydrogens (tertiary/aromatic N) is 2. The van der Waals surface area contributed by atoms with E-state index in [1.54, 1.807) is 29.2 Å². The van der Waals surface area contributed by atoms with E-state index in [1.807, 2.05) is 13.8 Å². The first-order valence-electron chi connectivity index (χ1n) is 10.9. The molecular formula is C25H25FN2O5. The summed E-state index contributed by atoms with van der Waals surface area (Å²) in [6, 6.07) is 9.54. The number of fused-ring (bicyclic) bond motifs is 2. The number of amides is 1. The Balaban J connectivity index is 1.85. The third-order valence-corrected chi connectivity index (χ3v) is 6.13. The Bertz CT molecular complexity index is 1260. The van der Waals surface area contributed by atoms with E-state index < -0.39 is 23.3 Å². The van der Waals surface area contributed by atoms with E-state index in [0.29, 0.717) is 24.2 Å². The zero-order valence-corrected chi connectivity index (χ0v) is 18.8. The molecule has 1 amide bonds. The van der Waals surface area contributed by atoms with Gasteiger partial charge in [-0.1, -0.05) is 26.0 Å². The van der Waals surface area contributed by atoms with E-state index in [-0.39, 0.29) is 28.2 Å². The molecule has 1 aliphatic rings. The lowest BCUT2D eigenvalue weighted by atomic mass is 9.97. The fourth-order valence-corrected chi connectivity index (χ4v) is 4.28. The summed E-state index contributed by atoms with van der Waals surface area (Å²) in [5.74, 6) is -1.46. The normalized spacial score (nSPS) is 15.4. The van der Waals surface area contributed by atoms with Crippen molar-refractivity contribution in [2.75, 3.05) is 33.3 Å². The first-order valence-corrected chi connectivity index (χ1v) is 10.9. The van der Waals surface area contributed by atoms with Crippen LogP contribution < -0.4 is 5.43 Å². The summed E-state index contributed by atoms with van der Waals surface area (Å²) in [4.78, 5) is 42.4. The fraction of sp³-hybridized carbons (Fsp3) is 0.320. The van der Waals surface area contributed by atoms with Crippen LogP contribution in [0.1, 0.15) is 51.9 Å². The van der Waals surface area contributed by atoms with Crippen molar-refractivity contribution in [3.8, 4) is 0 Å². The van der Waals surface area contributed by atoms with Gasteiger partial charge < -0.3 is 19.0 Å². The molecule has 1 aromatic heterocycles. The molecule has 0 bridgehead atoms. The zero-order chi connectivity index (χ0) is 23.7. The Morgan fingerprint density at radius 2 is 1.82 bits per heavy atom. The van der Waals surface area contributed by atoms with E-state index >= 15 is 0 Å². The summed E-state index contributed by atoms with van der Waals surface area (Å²) >= 11 is 0. The van der Waals surface area contributed by atoms with Crippen LogP contribution in [0.25, 0.3) is 11.0 Å². The van der Waals surface area contributed by atoms with Crippen LogP contribution >= 0.6 is 0 Å². The Labute approximate surface area is 190 Å². The number of carbonyl (C=O) groups is 2. The van der Waals surface area contributed by atoms with Crippen molar-refractivity contribution in [1.82, 2.24) is 9.80 Å². The molecule has 0 fully saturated rings. The second-order valence-corrected chi connectivity index (χ2v) is 7.86. The van der Waals surface area contributed by atoms with Gasteiger partial charge in [0.25, 0.3) is 5.91 Å². The molecule has 33 heavy (non-hydrogen) atoms. The van der Waals surface area contributed by atoms with Crippen LogP contribution in [0.3, 0.4) is 0 Å². The molecule has 0 aliphatic carbocycles. The van der Waals surface area contributed by atoms with Gasteiger partial charge in [0, 0.05) is 13.1 Å². The van der Waals surface area contributed by atoms with Crippen LogP contribution in [0.15, 0.2) is 51.7 Å². The summed E-state index contributed by atoms with van der Waals surface area (Å²) < 4.78 is 24.5. The smallest absolute Gasteiger partial charge is 0.337 e. The lowest BCUT2D eigenvalue weighted by Gasteiger charge is -2.28. The Morgan fingerprint density at radius 3 is 2.45 bits per heavy atom. The Kier molecular flexibility index (Phi) is 6.29. The highest BCUT2D eigenvalue weighted by Gasteiger charge is 2.42. The van der Waals surface area contributed by atoms with E-state index in [9.17, 15) is 18.8 Å². The molecular weight excluding hydrogens is 427 g/mol. The molecule has 0 saturated carbocycles. The standard InChI is InChI=1S/C25H25FN2O5/c1-4-27(5-2)12-13-28-21(15-6-8-16(9-7-15)25(31)32-3)20-22(29)18-14-17(26)10-11-19(18)33-23(20)24(28)30/h6-11,14,21H,4-5,12-13H2,1-3H3/t21-/m0/s1. The van der Waals surface area contributed by atoms with Crippen LogP contribution in [0.5, 0.6) is 0 Å². The molecule has 0 unspecified atom stereocenters. The molecule has 2 heterocycles. The number of rotatable bonds is 7. The number of carbonyl (C=O) groups excluding carboxylic acids is 2. The van der Waals surface area contributed by atoms with E-state index in [4.69, 9.17) is 9.15 Å². The second-order valence-electron chi connectivity index (χ2n) is 7.86. The van der Waals surface area contributed by atoms with Gasteiger partial charge in [0.1, 0.15) is 11.4 Å². The van der Waals surface area contributed by atoms with Gasteiger partial charge in [0.15, 0.2) is 5.43 Å². The highest BCUT2D eigenvalue weighted by atomic mass is 19.1. The van der Waals surface area contributed by atoms with Crippen LogP contribution in [0.2, 0.25) is 0 Å². The van der Waals surface area contributed by atoms with Crippen molar-refractivity contribution in [1.29, 1.82) is 0 Å². The molecule has 0 saturated heterocycles. The number of hydrogen-bond acceptors (Lipinski definition) is 6. The van der Waals surface area contributed by atoms with Crippen molar-refractivity contribution in [2.24, 2.45) is 0 Å². The van der Waals surface area contributed by atoms with Gasteiger partial charge >= 0.3 is 5.97 Å². The summed E-state index contributed by atoms with van der Waals surface area (Å²) in [5, 5.41) is 0.0864. The van der Waals surface area contributed by atoms with Crippen molar-refractivity contribution in [3.63, 3.8) is 0 Å². The lowest BCUT2D eigenvalue weighted by molar-refractivity contribution is 0.0599. The van der Waals surface area contributed by atoms with Gasteiger partial charge in [-0.05, 0) is 49.0 Å². The molecule has 0 spiro atoms. The average Bonchev–Trinajstić information content (AvgIpc) is 3.11. The minimum Gasteiger partial charge on any atom is -0.465 e. The van der Waals surface area contributed by atoms with Gasteiger partial charge in [0.2, 0.25) is 5.76 Å². The summed E-state index contributed by atoms with van der Waals surface area (Å²) in [7, 11) is 1.30. The number of esters is 1. The van der Waals surface area contributed by atoms with Crippen molar-refractivity contribution >= 4 is 22.8 Å². The first kappa shape index (κ1) is 22.7. The van der Waals surface area contributed by atoms with Crippen molar-refractivity contribution in [3.05, 3.63) is 81.0 Å². The highest BCUT2D eigenvalue weighted by Crippen LogP contribution is 2.38.